The molecule has 0 heterocycles. The first-order valence-corrected chi connectivity index (χ1v) is 6.20. The van der Waals surface area contributed by atoms with Crippen molar-refractivity contribution < 1.29 is 0 Å². The van der Waals surface area contributed by atoms with Crippen molar-refractivity contribution in [2.45, 2.75) is 6.42 Å². The van der Waals surface area contributed by atoms with Gasteiger partial charge in [-0.2, -0.15) is 31.6 Å². The molecular formula is C17H4N6. The van der Waals surface area contributed by atoms with Gasteiger partial charge in [0.2, 0.25) is 0 Å². The third kappa shape index (κ3) is 2.27. The van der Waals surface area contributed by atoms with Crippen LogP contribution in [0.3, 0.4) is 0 Å². The molecule has 6 heteroatoms. The SMILES string of the molecule is N#CC(C#N)=C1CC(=C(C#N)C#N)c2cc(C#N)c(C#N)cc21. The van der Waals surface area contributed by atoms with Gasteiger partial charge in [0.05, 0.1) is 11.1 Å². The molecule has 0 saturated carbocycles. The fourth-order valence-corrected chi connectivity index (χ4v) is 2.42. The number of hydrogen-bond donors (Lipinski definition) is 0. The number of nitriles is 6. The number of rotatable bonds is 0. The topological polar surface area (TPSA) is 143 Å². The van der Waals surface area contributed by atoms with Gasteiger partial charge in [-0.05, 0) is 34.4 Å². The van der Waals surface area contributed by atoms with Gasteiger partial charge in [0.15, 0.2) is 0 Å². The van der Waals surface area contributed by atoms with Crippen LogP contribution in [0.4, 0.5) is 0 Å². The summed E-state index contributed by atoms with van der Waals surface area (Å²) in [6.45, 7) is 0. The van der Waals surface area contributed by atoms with Crippen LogP contribution in [0.25, 0.3) is 11.1 Å². The van der Waals surface area contributed by atoms with Crippen molar-refractivity contribution in [3.05, 3.63) is 45.5 Å². The first kappa shape index (κ1) is 15.0. The lowest BCUT2D eigenvalue weighted by molar-refractivity contribution is 1.41. The monoisotopic (exact) mass is 292 g/mol. The van der Waals surface area contributed by atoms with Crippen molar-refractivity contribution in [2.75, 3.05) is 0 Å². The fraction of sp³-hybridized carbons (Fsp3) is 0.0588. The lowest BCUT2D eigenvalue weighted by Crippen LogP contribution is -1.91. The van der Waals surface area contributed by atoms with Gasteiger partial charge in [-0.25, -0.2) is 0 Å². The van der Waals surface area contributed by atoms with Gasteiger partial charge in [-0.3, -0.25) is 0 Å². The van der Waals surface area contributed by atoms with E-state index in [4.69, 9.17) is 31.6 Å². The van der Waals surface area contributed by atoms with E-state index in [9.17, 15) is 0 Å². The predicted molar refractivity (Wildman–Crippen MR) is 76.8 cm³/mol. The second-order valence-electron chi connectivity index (χ2n) is 4.50. The van der Waals surface area contributed by atoms with Crippen LogP contribution in [-0.4, -0.2) is 0 Å². The standard InChI is InChI=1S/C17H4N6/c18-4-10-1-16-14(12(6-20)7-21)3-15(13(8-22)9-23)17(16)2-11(10)5-19/h1-2H,3H2. The highest BCUT2D eigenvalue weighted by molar-refractivity contribution is 5.99. The van der Waals surface area contributed by atoms with Crippen molar-refractivity contribution in [3.8, 4) is 36.4 Å². The zero-order valence-corrected chi connectivity index (χ0v) is 11.5. The van der Waals surface area contributed by atoms with E-state index < -0.39 is 0 Å². The lowest BCUT2D eigenvalue weighted by atomic mass is 9.96. The molecule has 23 heavy (non-hydrogen) atoms. The van der Waals surface area contributed by atoms with Crippen molar-refractivity contribution in [1.29, 1.82) is 31.6 Å². The van der Waals surface area contributed by atoms with Gasteiger partial charge in [0.25, 0.3) is 0 Å². The Morgan fingerprint density at radius 2 is 1.00 bits per heavy atom. The Kier molecular flexibility index (Phi) is 3.89. The van der Waals surface area contributed by atoms with Gasteiger partial charge in [-0.15, -0.1) is 0 Å². The fourth-order valence-electron chi connectivity index (χ4n) is 2.42. The molecule has 102 valence electrons. The summed E-state index contributed by atoms with van der Waals surface area (Å²) in [6, 6.07) is 13.7. The molecule has 0 aromatic heterocycles. The van der Waals surface area contributed by atoms with Crippen LogP contribution < -0.4 is 0 Å². The number of benzene rings is 1. The molecule has 0 saturated heterocycles. The van der Waals surface area contributed by atoms with Gasteiger partial charge >= 0.3 is 0 Å². The summed E-state index contributed by atoms with van der Waals surface area (Å²) >= 11 is 0. The maximum Gasteiger partial charge on any atom is 0.133 e. The third-order valence-electron chi connectivity index (χ3n) is 3.45. The highest BCUT2D eigenvalue weighted by Crippen LogP contribution is 2.44. The summed E-state index contributed by atoms with van der Waals surface area (Å²) in [6.07, 6.45) is 0.0575. The largest absolute Gasteiger partial charge is 0.192 e. The zero-order valence-electron chi connectivity index (χ0n) is 11.5. The lowest BCUT2D eigenvalue weighted by Gasteiger charge is -2.03. The molecule has 1 aliphatic rings. The van der Waals surface area contributed by atoms with Crippen LogP contribution in [0, 0.1) is 68.0 Å². The number of nitrogens with zero attached hydrogens (tertiary/aromatic N) is 6. The molecule has 0 unspecified atom stereocenters. The minimum atomic E-state index is -0.148. The average Bonchev–Trinajstić information content (AvgIpc) is 2.94. The second kappa shape index (κ2) is 5.95. The minimum absolute atomic E-state index is 0.0575. The molecule has 0 radical (unpaired) electrons. The molecule has 0 fully saturated rings. The van der Waals surface area contributed by atoms with E-state index in [1.165, 1.54) is 12.1 Å². The van der Waals surface area contributed by atoms with Crippen LogP contribution >= 0.6 is 0 Å². The van der Waals surface area contributed by atoms with Crippen LogP contribution in [0.2, 0.25) is 0 Å². The molecule has 0 aliphatic heterocycles. The number of allylic oxidation sites excluding steroid dienone is 4. The summed E-state index contributed by atoms with van der Waals surface area (Å²) in [5.41, 5.74) is 1.47. The first-order chi connectivity index (χ1) is 11.1. The molecule has 2 rings (SSSR count). The molecule has 0 bridgehead atoms. The van der Waals surface area contributed by atoms with Gasteiger partial charge in [0, 0.05) is 6.42 Å². The van der Waals surface area contributed by atoms with E-state index in [0.29, 0.717) is 22.3 Å². The Morgan fingerprint density at radius 3 is 1.26 bits per heavy atom. The molecule has 1 aromatic rings. The summed E-state index contributed by atoms with van der Waals surface area (Å²) in [5, 5.41) is 54.6. The van der Waals surface area contributed by atoms with Crippen molar-refractivity contribution in [2.24, 2.45) is 0 Å². The Morgan fingerprint density at radius 1 is 0.652 bits per heavy atom. The smallest absolute Gasteiger partial charge is 0.133 e. The predicted octanol–water partition coefficient (Wildman–Crippen LogP) is 2.44. The summed E-state index contributed by atoms with van der Waals surface area (Å²) in [5.74, 6) is 0. The number of fused-ring (bicyclic) bond motifs is 1. The van der Waals surface area contributed by atoms with Crippen LogP contribution in [0.1, 0.15) is 28.7 Å². The van der Waals surface area contributed by atoms with Crippen molar-refractivity contribution in [3.63, 3.8) is 0 Å². The Bertz CT molecular complexity index is 926. The highest BCUT2D eigenvalue weighted by atomic mass is 14.4. The van der Waals surface area contributed by atoms with Crippen LogP contribution in [0.5, 0.6) is 0 Å². The molecule has 0 spiro atoms. The molecule has 0 N–H and O–H groups in total. The Balaban J connectivity index is 2.99. The van der Waals surface area contributed by atoms with Crippen molar-refractivity contribution in [1.82, 2.24) is 0 Å². The van der Waals surface area contributed by atoms with Crippen LogP contribution in [-0.2, 0) is 0 Å². The summed E-state index contributed by atoms with van der Waals surface area (Å²) < 4.78 is 0. The van der Waals surface area contributed by atoms with E-state index in [1.807, 2.05) is 12.1 Å². The zero-order chi connectivity index (χ0) is 17.0. The molecule has 1 aromatic carbocycles. The van der Waals surface area contributed by atoms with E-state index in [-0.39, 0.29) is 28.7 Å². The quantitative estimate of drug-likeness (QED) is 0.671. The molecular weight excluding hydrogens is 288 g/mol. The van der Waals surface area contributed by atoms with Crippen LogP contribution in [0.15, 0.2) is 23.3 Å². The molecule has 6 nitrogen and oxygen atoms in total. The van der Waals surface area contributed by atoms with E-state index in [0.717, 1.165) is 0 Å². The first-order valence-electron chi connectivity index (χ1n) is 6.20. The summed E-state index contributed by atoms with van der Waals surface area (Å²) in [7, 11) is 0. The van der Waals surface area contributed by atoms with Gasteiger partial charge < -0.3 is 0 Å². The molecule has 1 aliphatic carbocycles. The average molecular weight is 292 g/mol. The van der Waals surface area contributed by atoms with E-state index in [2.05, 4.69) is 0 Å². The third-order valence-corrected chi connectivity index (χ3v) is 3.45. The van der Waals surface area contributed by atoms with Gasteiger partial charge in [0.1, 0.15) is 47.6 Å². The Labute approximate surface area is 131 Å². The normalized spacial score (nSPS) is 10.9. The van der Waals surface area contributed by atoms with Gasteiger partial charge in [-0.1, -0.05) is 0 Å². The number of hydrogen-bond acceptors (Lipinski definition) is 6. The van der Waals surface area contributed by atoms with E-state index in [1.54, 1.807) is 24.3 Å². The highest BCUT2D eigenvalue weighted by Gasteiger charge is 2.28. The van der Waals surface area contributed by atoms with E-state index >= 15 is 0 Å². The summed E-state index contributed by atoms with van der Waals surface area (Å²) in [4.78, 5) is 0. The molecule has 0 amide bonds. The Hall–Kier alpha value is -4.36. The van der Waals surface area contributed by atoms with Crippen molar-refractivity contribution >= 4 is 11.1 Å². The minimum Gasteiger partial charge on any atom is -0.192 e. The second-order valence-corrected chi connectivity index (χ2v) is 4.50. The maximum absolute atomic E-state index is 9.12. The maximum atomic E-state index is 9.12. The molecule has 0 atom stereocenters.